The van der Waals surface area contributed by atoms with Gasteiger partial charge in [0.05, 0.1) is 28.8 Å². The lowest BCUT2D eigenvalue weighted by Crippen LogP contribution is -2.24. The van der Waals surface area contributed by atoms with E-state index in [0.717, 1.165) is 22.7 Å². The fourth-order valence-electron chi connectivity index (χ4n) is 3.43. The number of aromatic nitrogens is 4. The Bertz CT molecular complexity index is 1470. The maximum Gasteiger partial charge on any atom is 0.272 e. The molecule has 170 valence electrons. The van der Waals surface area contributed by atoms with Crippen LogP contribution in [0.1, 0.15) is 21.7 Å². The van der Waals surface area contributed by atoms with E-state index in [2.05, 4.69) is 25.6 Å². The molecule has 0 fully saturated rings. The number of carbonyl (C=O) groups is 1. The molecule has 2 N–H and O–H groups in total. The van der Waals surface area contributed by atoms with Crippen molar-refractivity contribution in [2.24, 2.45) is 0 Å². The van der Waals surface area contributed by atoms with Crippen molar-refractivity contribution in [3.8, 4) is 10.7 Å². The molecule has 7 nitrogen and oxygen atoms in total. The Labute approximate surface area is 197 Å². The molecule has 34 heavy (non-hydrogen) atoms. The minimum atomic E-state index is -0.717. The topological polar surface area (TPSA) is 84.2 Å². The first-order chi connectivity index (χ1) is 16.6. The largest absolute Gasteiger partial charge is 0.356 e. The molecule has 0 aliphatic rings. The van der Waals surface area contributed by atoms with Gasteiger partial charge >= 0.3 is 0 Å². The standard InChI is InChI=1S/C24H18F2N6OS/c25-16-8-7-15(18(26)11-16)12-28-23(33)21-19-6-2-4-10-32(19)22(31-21)20-14-30-24(34-20)29-13-17-5-1-3-9-27-17/h1-11,14H,12-13H2,(H,28,33)(H,29,30). The first kappa shape index (κ1) is 21.7. The van der Waals surface area contributed by atoms with Crippen molar-refractivity contribution < 1.29 is 13.6 Å². The van der Waals surface area contributed by atoms with Crippen LogP contribution in [-0.4, -0.2) is 25.3 Å². The van der Waals surface area contributed by atoms with Crippen molar-refractivity contribution >= 4 is 27.9 Å². The van der Waals surface area contributed by atoms with Gasteiger partial charge in [0.25, 0.3) is 5.91 Å². The van der Waals surface area contributed by atoms with Crippen molar-refractivity contribution in [3.05, 3.63) is 102 Å². The van der Waals surface area contributed by atoms with Crippen LogP contribution >= 0.6 is 11.3 Å². The molecule has 0 aliphatic carbocycles. The maximum atomic E-state index is 13.9. The summed E-state index contributed by atoms with van der Waals surface area (Å²) < 4.78 is 28.9. The van der Waals surface area contributed by atoms with Crippen molar-refractivity contribution in [3.63, 3.8) is 0 Å². The van der Waals surface area contributed by atoms with Gasteiger partial charge in [-0.3, -0.25) is 14.2 Å². The van der Waals surface area contributed by atoms with Gasteiger partial charge in [-0.05, 0) is 30.3 Å². The van der Waals surface area contributed by atoms with E-state index in [-0.39, 0.29) is 17.8 Å². The van der Waals surface area contributed by atoms with E-state index >= 15 is 0 Å². The number of nitrogens with one attached hydrogen (secondary N) is 2. The molecule has 0 atom stereocenters. The third kappa shape index (κ3) is 4.48. The molecule has 1 aromatic carbocycles. The van der Waals surface area contributed by atoms with Crippen LogP contribution in [0.5, 0.6) is 0 Å². The second-order valence-corrected chi connectivity index (χ2v) is 8.39. The number of thiazole rings is 1. The second kappa shape index (κ2) is 9.36. The Balaban J connectivity index is 1.37. The van der Waals surface area contributed by atoms with E-state index in [1.807, 2.05) is 40.9 Å². The van der Waals surface area contributed by atoms with Gasteiger partial charge in [0.1, 0.15) is 11.6 Å². The van der Waals surface area contributed by atoms with E-state index in [9.17, 15) is 13.6 Å². The van der Waals surface area contributed by atoms with E-state index in [4.69, 9.17) is 0 Å². The van der Waals surface area contributed by atoms with Crippen molar-refractivity contribution in [2.45, 2.75) is 13.1 Å². The fourth-order valence-corrected chi connectivity index (χ4v) is 4.23. The van der Waals surface area contributed by atoms with E-state index in [1.165, 1.54) is 17.4 Å². The predicted molar refractivity (Wildman–Crippen MR) is 125 cm³/mol. The molecule has 0 saturated heterocycles. The normalized spacial score (nSPS) is 11.0. The maximum absolute atomic E-state index is 13.9. The summed E-state index contributed by atoms with van der Waals surface area (Å²) in [5, 5.41) is 6.61. The minimum Gasteiger partial charge on any atom is -0.356 e. The molecule has 0 radical (unpaired) electrons. The number of pyridine rings is 2. The average molecular weight is 477 g/mol. The zero-order valence-electron chi connectivity index (χ0n) is 17.7. The number of halogens is 2. The van der Waals surface area contributed by atoms with Crippen LogP contribution in [-0.2, 0) is 13.1 Å². The number of hydrogen-bond donors (Lipinski definition) is 2. The zero-order valence-corrected chi connectivity index (χ0v) is 18.5. The summed E-state index contributed by atoms with van der Waals surface area (Å²) in [5.74, 6) is -1.28. The van der Waals surface area contributed by atoms with E-state index in [0.29, 0.717) is 23.0 Å². The number of nitrogens with zero attached hydrogens (tertiary/aromatic N) is 4. The third-order valence-electron chi connectivity index (χ3n) is 5.09. The highest BCUT2D eigenvalue weighted by Crippen LogP contribution is 2.30. The Morgan fingerprint density at radius 2 is 1.91 bits per heavy atom. The molecular weight excluding hydrogens is 458 g/mol. The van der Waals surface area contributed by atoms with Gasteiger partial charge in [0, 0.05) is 30.6 Å². The molecule has 5 rings (SSSR count). The highest BCUT2D eigenvalue weighted by molar-refractivity contribution is 7.18. The number of amides is 1. The molecule has 0 spiro atoms. The Hall–Kier alpha value is -4.18. The Kier molecular flexibility index (Phi) is 5.96. The molecule has 1 amide bonds. The van der Waals surface area contributed by atoms with Crippen LogP contribution in [0.3, 0.4) is 0 Å². The SMILES string of the molecule is O=C(NCc1ccc(F)cc1F)c1nc(-c2cnc(NCc3ccccn3)s2)n2ccccc12. The summed E-state index contributed by atoms with van der Waals surface area (Å²) in [5.41, 5.74) is 1.88. The number of imidazole rings is 1. The van der Waals surface area contributed by atoms with Gasteiger partial charge in [-0.2, -0.15) is 0 Å². The molecule has 5 aromatic rings. The summed E-state index contributed by atoms with van der Waals surface area (Å²) in [6.45, 7) is 0.442. The van der Waals surface area contributed by atoms with Crippen molar-refractivity contribution in [1.82, 2.24) is 24.7 Å². The van der Waals surface area contributed by atoms with Gasteiger partial charge in [-0.25, -0.2) is 18.7 Å². The summed E-state index contributed by atoms with van der Waals surface area (Å²) in [7, 11) is 0. The van der Waals surface area contributed by atoms with Crippen molar-refractivity contribution in [2.75, 3.05) is 5.32 Å². The number of benzene rings is 1. The third-order valence-corrected chi connectivity index (χ3v) is 6.04. The average Bonchev–Trinajstić information content (AvgIpc) is 3.47. The monoisotopic (exact) mass is 476 g/mol. The van der Waals surface area contributed by atoms with Gasteiger partial charge in [0.15, 0.2) is 16.6 Å². The second-order valence-electron chi connectivity index (χ2n) is 7.36. The predicted octanol–water partition coefficient (Wildman–Crippen LogP) is 4.67. The summed E-state index contributed by atoms with van der Waals surface area (Å²) >= 11 is 1.41. The number of carbonyl (C=O) groups excluding carboxylic acids is 1. The molecule has 4 heterocycles. The first-order valence-corrected chi connectivity index (χ1v) is 11.2. The molecule has 0 saturated carbocycles. The molecular formula is C24H18F2N6OS. The number of hydrogen-bond acceptors (Lipinski definition) is 6. The van der Waals surface area contributed by atoms with Crippen LogP contribution in [0.25, 0.3) is 16.2 Å². The number of rotatable bonds is 7. The van der Waals surface area contributed by atoms with Gasteiger partial charge in [-0.1, -0.05) is 29.5 Å². The summed E-state index contributed by atoms with van der Waals surface area (Å²) in [4.78, 5) is 26.9. The number of fused-ring (bicyclic) bond motifs is 1. The van der Waals surface area contributed by atoms with Crippen molar-refractivity contribution in [1.29, 1.82) is 0 Å². The molecule has 0 bridgehead atoms. The summed E-state index contributed by atoms with van der Waals surface area (Å²) in [6.07, 6.45) is 5.25. The van der Waals surface area contributed by atoms with Crippen LogP contribution in [0.2, 0.25) is 0 Å². The van der Waals surface area contributed by atoms with E-state index < -0.39 is 17.5 Å². The highest BCUT2D eigenvalue weighted by Gasteiger charge is 2.20. The van der Waals surface area contributed by atoms with Crippen LogP contribution in [0.4, 0.5) is 13.9 Å². The molecule has 0 aliphatic heterocycles. The minimum absolute atomic E-state index is 0.0890. The highest BCUT2D eigenvalue weighted by atomic mass is 32.1. The number of anilines is 1. The molecule has 4 aromatic heterocycles. The lowest BCUT2D eigenvalue weighted by Gasteiger charge is -2.05. The van der Waals surface area contributed by atoms with Crippen LogP contribution < -0.4 is 10.6 Å². The fraction of sp³-hybridized carbons (Fsp3) is 0.0833. The van der Waals surface area contributed by atoms with Crippen LogP contribution in [0, 0.1) is 11.6 Å². The lowest BCUT2D eigenvalue weighted by atomic mass is 10.2. The van der Waals surface area contributed by atoms with Crippen LogP contribution in [0.15, 0.2) is 73.2 Å². The Morgan fingerprint density at radius 3 is 2.74 bits per heavy atom. The quantitative estimate of drug-likeness (QED) is 0.357. The molecule has 0 unspecified atom stereocenters. The lowest BCUT2D eigenvalue weighted by molar-refractivity contribution is 0.0948. The molecule has 10 heteroatoms. The Morgan fingerprint density at radius 1 is 1.03 bits per heavy atom. The zero-order chi connectivity index (χ0) is 23.5. The van der Waals surface area contributed by atoms with Gasteiger partial charge in [-0.15, -0.1) is 0 Å². The van der Waals surface area contributed by atoms with Gasteiger partial charge in [0.2, 0.25) is 0 Å². The first-order valence-electron chi connectivity index (χ1n) is 10.4. The van der Waals surface area contributed by atoms with E-state index in [1.54, 1.807) is 18.5 Å². The smallest absolute Gasteiger partial charge is 0.272 e. The summed E-state index contributed by atoms with van der Waals surface area (Å²) in [6, 6.07) is 14.4. The van der Waals surface area contributed by atoms with Gasteiger partial charge < -0.3 is 10.6 Å².